The SMILES string of the molecule is COC1=C(c2ccccc2)Oc2cc(OC)c(OC)c(O)c2C1([O])OC. The third-order valence-electron chi connectivity index (χ3n) is 4.18. The van der Waals surface area contributed by atoms with Crippen molar-refractivity contribution in [3.63, 3.8) is 0 Å². The molecule has 1 unspecified atom stereocenters. The van der Waals surface area contributed by atoms with E-state index in [-0.39, 0.29) is 34.3 Å². The number of phenols is 1. The first-order valence-corrected chi connectivity index (χ1v) is 7.77. The van der Waals surface area contributed by atoms with Crippen LogP contribution in [-0.4, -0.2) is 33.5 Å². The quantitative estimate of drug-likeness (QED) is 0.826. The molecule has 1 radical (unpaired) electrons. The molecule has 0 fully saturated rings. The highest BCUT2D eigenvalue weighted by atomic mass is 16.7. The smallest absolute Gasteiger partial charge is 0.297 e. The first-order chi connectivity index (χ1) is 12.5. The zero-order valence-electron chi connectivity index (χ0n) is 14.9. The summed E-state index contributed by atoms with van der Waals surface area (Å²) < 4.78 is 26.9. The van der Waals surface area contributed by atoms with Crippen LogP contribution < -0.4 is 14.2 Å². The molecule has 26 heavy (non-hydrogen) atoms. The Hall–Kier alpha value is -2.90. The van der Waals surface area contributed by atoms with E-state index >= 15 is 0 Å². The topological polar surface area (TPSA) is 86.3 Å². The number of hydrogen-bond acceptors (Lipinski definition) is 6. The molecular formula is C19H19O7. The van der Waals surface area contributed by atoms with E-state index in [1.165, 1.54) is 34.5 Å². The molecule has 1 aliphatic rings. The number of phenolic OH excluding ortho intramolecular Hbond substituents is 1. The van der Waals surface area contributed by atoms with Crippen molar-refractivity contribution < 1.29 is 33.9 Å². The lowest BCUT2D eigenvalue weighted by molar-refractivity contribution is -0.231. The van der Waals surface area contributed by atoms with Crippen molar-refractivity contribution in [2.45, 2.75) is 5.79 Å². The number of fused-ring (bicyclic) bond motifs is 1. The molecule has 1 aliphatic heterocycles. The van der Waals surface area contributed by atoms with E-state index < -0.39 is 11.5 Å². The van der Waals surface area contributed by atoms with Crippen LogP contribution in [-0.2, 0) is 20.4 Å². The Morgan fingerprint density at radius 2 is 1.69 bits per heavy atom. The fraction of sp³-hybridized carbons (Fsp3) is 0.263. The molecular weight excluding hydrogens is 340 g/mol. The molecule has 1 heterocycles. The predicted octanol–water partition coefficient (Wildman–Crippen LogP) is 3.05. The van der Waals surface area contributed by atoms with Gasteiger partial charge in [-0.3, -0.25) is 0 Å². The van der Waals surface area contributed by atoms with Gasteiger partial charge in [0.2, 0.25) is 11.5 Å². The van der Waals surface area contributed by atoms with E-state index in [4.69, 9.17) is 23.7 Å². The molecule has 0 saturated heterocycles. The molecule has 0 aliphatic carbocycles. The third-order valence-corrected chi connectivity index (χ3v) is 4.18. The van der Waals surface area contributed by atoms with Crippen LogP contribution in [0, 0.1) is 0 Å². The molecule has 2 aromatic rings. The predicted molar refractivity (Wildman–Crippen MR) is 91.6 cm³/mol. The molecule has 137 valence electrons. The van der Waals surface area contributed by atoms with Crippen molar-refractivity contribution in [2.75, 3.05) is 28.4 Å². The summed E-state index contributed by atoms with van der Waals surface area (Å²) in [6.45, 7) is 0. The molecule has 2 aromatic carbocycles. The van der Waals surface area contributed by atoms with Crippen LogP contribution in [0.15, 0.2) is 42.2 Å². The highest BCUT2D eigenvalue weighted by Gasteiger charge is 2.50. The second-order valence-electron chi connectivity index (χ2n) is 5.48. The minimum Gasteiger partial charge on any atom is -0.504 e. The Morgan fingerprint density at radius 3 is 2.23 bits per heavy atom. The molecule has 0 bridgehead atoms. The van der Waals surface area contributed by atoms with Gasteiger partial charge in [0, 0.05) is 18.7 Å². The van der Waals surface area contributed by atoms with E-state index in [1.54, 1.807) is 24.3 Å². The molecule has 7 nitrogen and oxygen atoms in total. The van der Waals surface area contributed by atoms with E-state index in [2.05, 4.69) is 0 Å². The van der Waals surface area contributed by atoms with Gasteiger partial charge in [-0.15, -0.1) is 0 Å². The summed E-state index contributed by atoms with van der Waals surface area (Å²) in [5.74, 6) is -2.36. The second kappa shape index (κ2) is 6.78. The van der Waals surface area contributed by atoms with Gasteiger partial charge in [0.05, 0.1) is 21.3 Å². The van der Waals surface area contributed by atoms with Crippen molar-refractivity contribution >= 4 is 5.76 Å². The maximum absolute atomic E-state index is 13.6. The first kappa shape index (κ1) is 17.9. The fourth-order valence-electron chi connectivity index (χ4n) is 2.97. The van der Waals surface area contributed by atoms with Crippen molar-refractivity contribution in [2.24, 2.45) is 0 Å². The largest absolute Gasteiger partial charge is 0.504 e. The van der Waals surface area contributed by atoms with Gasteiger partial charge >= 0.3 is 0 Å². The summed E-state index contributed by atoms with van der Waals surface area (Å²) in [5, 5.41) is 24.2. The van der Waals surface area contributed by atoms with Crippen LogP contribution in [0.4, 0.5) is 0 Å². The summed E-state index contributed by atoms with van der Waals surface area (Å²) in [4.78, 5) is 0. The minimum atomic E-state index is -2.34. The van der Waals surface area contributed by atoms with Gasteiger partial charge in [-0.05, 0) is 0 Å². The van der Waals surface area contributed by atoms with E-state index in [9.17, 15) is 10.2 Å². The Kier molecular flexibility index (Phi) is 4.67. The highest BCUT2D eigenvalue weighted by molar-refractivity contribution is 5.74. The van der Waals surface area contributed by atoms with Gasteiger partial charge in [0.1, 0.15) is 11.3 Å². The summed E-state index contributed by atoms with van der Waals surface area (Å²) >= 11 is 0. The average Bonchev–Trinajstić information content (AvgIpc) is 2.67. The lowest BCUT2D eigenvalue weighted by atomic mass is 9.95. The number of aromatic hydroxyl groups is 1. The summed E-state index contributed by atoms with van der Waals surface area (Å²) in [6, 6.07) is 10.5. The Bertz CT molecular complexity index is 845. The van der Waals surface area contributed by atoms with Crippen LogP contribution in [0.5, 0.6) is 23.0 Å². The Morgan fingerprint density at radius 1 is 1.00 bits per heavy atom. The van der Waals surface area contributed by atoms with Crippen molar-refractivity contribution in [3.8, 4) is 23.0 Å². The fourth-order valence-corrected chi connectivity index (χ4v) is 2.97. The molecule has 0 aromatic heterocycles. The lowest BCUT2D eigenvalue weighted by Gasteiger charge is -2.34. The minimum absolute atomic E-state index is 0.00531. The second-order valence-corrected chi connectivity index (χ2v) is 5.48. The molecule has 7 heteroatoms. The van der Waals surface area contributed by atoms with Crippen LogP contribution in [0.2, 0.25) is 0 Å². The molecule has 0 spiro atoms. The van der Waals surface area contributed by atoms with Crippen LogP contribution >= 0.6 is 0 Å². The van der Waals surface area contributed by atoms with Crippen molar-refractivity contribution in [1.82, 2.24) is 0 Å². The highest BCUT2D eigenvalue weighted by Crippen LogP contribution is 2.55. The summed E-state index contributed by atoms with van der Waals surface area (Å²) in [5.41, 5.74) is 0.482. The molecule has 1 atom stereocenters. The standard InChI is InChI=1S/C19H19O7/c1-22-13-10-12-14(15(20)17(13)23-2)19(21,25-4)18(24-3)16(26-12)11-8-6-5-7-9-11/h5-10,20H,1-4H3. The lowest BCUT2D eigenvalue weighted by Crippen LogP contribution is -2.35. The van der Waals surface area contributed by atoms with Crippen LogP contribution in [0.1, 0.15) is 11.1 Å². The molecule has 0 amide bonds. The molecule has 1 N–H and O–H groups in total. The van der Waals surface area contributed by atoms with Gasteiger partial charge in [-0.2, -0.15) is 5.11 Å². The van der Waals surface area contributed by atoms with Gasteiger partial charge in [-0.1, -0.05) is 30.3 Å². The molecule has 3 rings (SSSR count). The number of ether oxygens (including phenoxy) is 5. The molecule has 0 saturated carbocycles. The monoisotopic (exact) mass is 359 g/mol. The van der Waals surface area contributed by atoms with E-state index in [1.807, 2.05) is 6.07 Å². The number of benzene rings is 2. The Balaban J connectivity index is 2.32. The number of rotatable bonds is 5. The maximum atomic E-state index is 13.6. The van der Waals surface area contributed by atoms with Gasteiger partial charge in [-0.25, -0.2) is 0 Å². The number of hydrogen-bond donors (Lipinski definition) is 1. The van der Waals surface area contributed by atoms with Gasteiger partial charge < -0.3 is 28.8 Å². The van der Waals surface area contributed by atoms with Crippen LogP contribution in [0.25, 0.3) is 5.76 Å². The third kappa shape index (κ3) is 2.53. The summed E-state index contributed by atoms with van der Waals surface area (Å²) in [7, 11) is 5.35. The van der Waals surface area contributed by atoms with Crippen LogP contribution in [0.3, 0.4) is 0 Å². The first-order valence-electron chi connectivity index (χ1n) is 7.77. The normalized spacial score (nSPS) is 18.8. The maximum Gasteiger partial charge on any atom is 0.297 e. The van der Waals surface area contributed by atoms with Crippen molar-refractivity contribution in [3.05, 3.63) is 53.3 Å². The van der Waals surface area contributed by atoms with Crippen molar-refractivity contribution in [1.29, 1.82) is 0 Å². The van der Waals surface area contributed by atoms with Gasteiger partial charge in [0.15, 0.2) is 17.3 Å². The zero-order chi connectivity index (χ0) is 18.9. The van der Waals surface area contributed by atoms with E-state index in [0.717, 1.165) is 0 Å². The summed E-state index contributed by atoms with van der Waals surface area (Å²) in [6.07, 6.45) is 0. The van der Waals surface area contributed by atoms with Gasteiger partial charge in [0.25, 0.3) is 5.79 Å². The zero-order valence-corrected chi connectivity index (χ0v) is 14.9. The average molecular weight is 359 g/mol. The number of methoxy groups -OCH3 is 4. The Labute approximate surface area is 151 Å². The van der Waals surface area contributed by atoms with E-state index in [0.29, 0.717) is 5.56 Å².